The number of hydrogen-bond donors (Lipinski definition) is 1. The molecule has 0 aliphatic heterocycles. The first-order valence-electron chi connectivity index (χ1n) is 6.79. The number of carbonyl (C=O) groups is 1. The van der Waals surface area contributed by atoms with Crippen molar-refractivity contribution in [2.45, 2.75) is 6.42 Å². The maximum atomic E-state index is 12.8. The van der Waals surface area contributed by atoms with Crippen LogP contribution in [0.25, 0.3) is 10.2 Å². The number of fused-ring (bicyclic) bond motifs is 1. The van der Waals surface area contributed by atoms with Crippen LogP contribution in [0.3, 0.4) is 0 Å². The Morgan fingerprint density at radius 3 is 2.64 bits per heavy atom. The number of halogens is 1. The molecule has 6 heteroatoms. The van der Waals surface area contributed by atoms with Crippen LogP contribution >= 0.6 is 11.3 Å². The lowest BCUT2D eigenvalue weighted by molar-refractivity contribution is -0.580. The molecule has 2 aromatic carbocycles. The van der Waals surface area contributed by atoms with Gasteiger partial charge in [0.1, 0.15) is 10.5 Å². The van der Waals surface area contributed by atoms with Gasteiger partial charge in [-0.1, -0.05) is 23.5 Å². The molecule has 0 fully saturated rings. The molecule has 0 saturated carbocycles. The van der Waals surface area contributed by atoms with Gasteiger partial charge in [-0.05, 0) is 30.3 Å². The lowest BCUT2D eigenvalue weighted by Gasteiger charge is -2.04. The van der Waals surface area contributed by atoms with Crippen molar-refractivity contribution in [3.8, 4) is 0 Å². The van der Waals surface area contributed by atoms with E-state index in [9.17, 15) is 14.4 Å². The van der Waals surface area contributed by atoms with E-state index in [-0.39, 0.29) is 11.7 Å². The van der Waals surface area contributed by atoms with Crippen LogP contribution in [0, 0.1) is 11.0 Å². The first-order valence-corrected chi connectivity index (χ1v) is 7.60. The second-order valence-electron chi connectivity index (χ2n) is 4.77. The minimum absolute atomic E-state index is 0.279. The number of rotatable bonds is 4. The zero-order valence-corrected chi connectivity index (χ0v) is 12.4. The van der Waals surface area contributed by atoms with Gasteiger partial charge in [0.15, 0.2) is 0 Å². The van der Waals surface area contributed by atoms with Gasteiger partial charge in [0, 0.05) is 18.2 Å². The van der Waals surface area contributed by atoms with E-state index in [1.807, 2.05) is 18.2 Å². The van der Waals surface area contributed by atoms with Gasteiger partial charge in [-0.2, -0.15) is 4.73 Å². The van der Waals surface area contributed by atoms with Crippen molar-refractivity contribution < 1.29 is 13.9 Å². The smallest absolute Gasteiger partial charge is 0.251 e. The molecule has 4 nitrogen and oxygen atoms in total. The molecule has 0 aliphatic carbocycles. The topological polar surface area (TPSA) is 56.0 Å². The fourth-order valence-electron chi connectivity index (χ4n) is 2.15. The van der Waals surface area contributed by atoms with Crippen LogP contribution in [0.1, 0.15) is 15.4 Å². The second-order valence-corrected chi connectivity index (χ2v) is 5.89. The Bertz CT molecular complexity index is 815. The van der Waals surface area contributed by atoms with E-state index in [1.165, 1.54) is 35.6 Å². The molecule has 0 spiro atoms. The predicted molar refractivity (Wildman–Crippen MR) is 83.2 cm³/mol. The third-order valence-electron chi connectivity index (χ3n) is 3.27. The van der Waals surface area contributed by atoms with Crippen LogP contribution in [0.2, 0.25) is 0 Å². The number of nitrogens with one attached hydrogen (secondary N) is 1. The molecule has 1 amide bonds. The normalized spacial score (nSPS) is 10.8. The summed E-state index contributed by atoms with van der Waals surface area (Å²) in [7, 11) is 0. The van der Waals surface area contributed by atoms with Gasteiger partial charge in [-0.25, -0.2) is 4.39 Å². The van der Waals surface area contributed by atoms with Crippen LogP contribution in [0.5, 0.6) is 0 Å². The maximum absolute atomic E-state index is 12.8. The molecule has 1 heterocycles. The molecular weight excluding hydrogens is 303 g/mol. The van der Waals surface area contributed by atoms with Crippen LogP contribution < -0.4 is 10.0 Å². The monoisotopic (exact) mass is 316 g/mol. The molecule has 3 rings (SSSR count). The van der Waals surface area contributed by atoms with Crippen molar-refractivity contribution in [1.82, 2.24) is 5.32 Å². The quantitative estimate of drug-likeness (QED) is 0.594. The Hall–Kier alpha value is -2.47. The van der Waals surface area contributed by atoms with E-state index in [2.05, 4.69) is 5.32 Å². The second kappa shape index (κ2) is 6.11. The lowest BCUT2D eigenvalue weighted by atomic mass is 10.2. The number of para-hydroxylation sites is 1. The number of aromatic nitrogens is 1. The van der Waals surface area contributed by atoms with E-state index >= 15 is 0 Å². The van der Waals surface area contributed by atoms with E-state index in [0.717, 1.165) is 9.43 Å². The van der Waals surface area contributed by atoms with Gasteiger partial charge >= 0.3 is 0 Å². The number of thiazole rings is 1. The molecule has 0 saturated heterocycles. The molecule has 0 aliphatic rings. The SMILES string of the molecule is O=C(NCCc1sc2ccccc2[n+]1[O-])c1ccc(F)cc1. The van der Waals surface area contributed by atoms with Crippen LogP contribution in [-0.2, 0) is 6.42 Å². The largest absolute Gasteiger partial charge is 0.617 e. The van der Waals surface area contributed by atoms with Gasteiger partial charge in [-0.15, -0.1) is 0 Å². The lowest BCUT2D eigenvalue weighted by Crippen LogP contribution is -2.32. The average Bonchev–Trinajstić information content (AvgIpc) is 2.85. The van der Waals surface area contributed by atoms with Gasteiger partial charge in [0.2, 0.25) is 5.52 Å². The van der Waals surface area contributed by atoms with Crippen molar-refractivity contribution in [3.63, 3.8) is 0 Å². The number of benzene rings is 2. The summed E-state index contributed by atoms with van der Waals surface area (Å²) >= 11 is 1.42. The number of amides is 1. The van der Waals surface area contributed by atoms with Crippen LogP contribution in [-0.4, -0.2) is 12.5 Å². The summed E-state index contributed by atoms with van der Waals surface area (Å²) in [5.41, 5.74) is 1.04. The van der Waals surface area contributed by atoms with Gasteiger partial charge in [0.25, 0.3) is 10.9 Å². The highest BCUT2D eigenvalue weighted by Gasteiger charge is 2.15. The van der Waals surface area contributed by atoms with Crippen molar-refractivity contribution in [2.24, 2.45) is 0 Å². The van der Waals surface area contributed by atoms with Crippen molar-refractivity contribution in [1.29, 1.82) is 0 Å². The molecule has 22 heavy (non-hydrogen) atoms. The molecule has 112 valence electrons. The summed E-state index contributed by atoms with van der Waals surface area (Å²) in [6.45, 7) is 0.352. The minimum atomic E-state index is -0.380. The van der Waals surface area contributed by atoms with Crippen molar-refractivity contribution in [2.75, 3.05) is 6.54 Å². The third-order valence-corrected chi connectivity index (χ3v) is 4.44. The zero-order chi connectivity index (χ0) is 15.5. The maximum Gasteiger partial charge on any atom is 0.251 e. The van der Waals surface area contributed by atoms with E-state index in [4.69, 9.17) is 0 Å². The Balaban J connectivity index is 1.63. The van der Waals surface area contributed by atoms with Crippen molar-refractivity contribution in [3.05, 3.63) is 70.1 Å². The first kappa shape index (κ1) is 14.5. The summed E-state index contributed by atoms with van der Waals surface area (Å²) in [6, 6.07) is 12.7. The summed E-state index contributed by atoms with van der Waals surface area (Å²) < 4.78 is 14.6. The fraction of sp³-hybridized carbons (Fsp3) is 0.125. The Labute approximate surface area is 130 Å². The average molecular weight is 316 g/mol. The third kappa shape index (κ3) is 2.92. The summed E-state index contributed by atoms with van der Waals surface area (Å²) in [4.78, 5) is 11.9. The summed E-state index contributed by atoms with van der Waals surface area (Å²) in [5, 5.41) is 15.5. The minimum Gasteiger partial charge on any atom is -0.617 e. The van der Waals surface area contributed by atoms with E-state index < -0.39 is 0 Å². The van der Waals surface area contributed by atoms with Gasteiger partial charge < -0.3 is 10.5 Å². The molecule has 0 radical (unpaired) electrons. The van der Waals surface area contributed by atoms with Crippen LogP contribution in [0.4, 0.5) is 4.39 Å². The van der Waals surface area contributed by atoms with Crippen molar-refractivity contribution >= 4 is 27.5 Å². The highest BCUT2D eigenvalue weighted by molar-refractivity contribution is 7.18. The Kier molecular flexibility index (Phi) is 4.02. The standard InChI is InChI=1S/C16H13FN2O2S/c17-12-7-5-11(6-8-12)16(20)18-10-9-15-19(21)13-3-1-2-4-14(13)22-15/h1-8H,9-10H2,(H,18,20). The summed E-state index contributed by atoms with van der Waals surface area (Å²) in [5.74, 6) is -0.659. The number of hydrogen-bond acceptors (Lipinski definition) is 3. The molecular formula is C16H13FN2O2S. The molecule has 1 N–H and O–H groups in total. The van der Waals surface area contributed by atoms with Crippen LogP contribution in [0.15, 0.2) is 48.5 Å². The highest BCUT2D eigenvalue weighted by atomic mass is 32.1. The molecule has 0 atom stereocenters. The highest BCUT2D eigenvalue weighted by Crippen LogP contribution is 2.19. The number of carbonyl (C=O) groups excluding carboxylic acids is 1. The van der Waals surface area contributed by atoms with E-state index in [0.29, 0.717) is 29.1 Å². The van der Waals surface area contributed by atoms with Gasteiger partial charge in [-0.3, -0.25) is 4.79 Å². The molecule has 1 aromatic heterocycles. The Morgan fingerprint density at radius 2 is 1.91 bits per heavy atom. The summed E-state index contributed by atoms with van der Waals surface area (Å²) in [6.07, 6.45) is 0.454. The van der Waals surface area contributed by atoms with Gasteiger partial charge in [0.05, 0.1) is 6.42 Å². The molecule has 0 unspecified atom stereocenters. The van der Waals surface area contributed by atoms with E-state index in [1.54, 1.807) is 6.07 Å². The molecule has 3 aromatic rings. The number of nitrogens with zero attached hydrogens (tertiary/aromatic N) is 1. The molecule has 0 bridgehead atoms. The first-order chi connectivity index (χ1) is 10.6. The predicted octanol–water partition coefficient (Wildman–Crippen LogP) is 2.65. The zero-order valence-electron chi connectivity index (χ0n) is 11.6. The fourth-order valence-corrected chi connectivity index (χ4v) is 3.19. The Morgan fingerprint density at radius 1 is 1.18 bits per heavy atom.